The fourth-order valence-electron chi connectivity index (χ4n) is 2.14. The van der Waals surface area contributed by atoms with Gasteiger partial charge in [-0.2, -0.15) is 5.10 Å². The third-order valence-electron chi connectivity index (χ3n) is 3.45. The van der Waals surface area contributed by atoms with E-state index in [1.165, 1.54) is 0 Å². The van der Waals surface area contributed by atoms with E-state index in [-0.39, 0.29) is 11.8 Å². The first-order chi connectivity index (χ1) is 11.1. The zero-order valence-electron chi connectivity index (χ0n) is 13.2. The number of benzene rings is 1. The van der Waals surface area contributed by atoms with E-state index in [1.807, 2.05) is 56.6 Å². The van der Waals surface area contributed by atoms with Crippen LogP contribution in [0.2, 0.25) is 0 Å². The average Bonchev–Trinajstić information content (AvgIpc) is 3.01. The molecule has 0 aliphatic heterocycles. The number of carbonyl (C=O) groups is 1. The lowest BCUT2D eigenvalue weighted by Crippen LogP contribution is -2.17. The Labute approximate surface area is 134 Å². The van der Waals surface area contributed by atoms with E-state index in [9.17, 15) is 4.79 Å². The van der Waals surface area contributed by atoms with Gasteiger partial charge in [-0.05, 0) is 18.2 Å². The highest BCUT2D eigenvalue weighted by molar-refractivity contribution is 5.92. The fraction of sp³-hybridized carbons (Fsp3) is 0.235. The van der Waals surface area contributed by atoms with Crippen LogP contribution in [0.4, 0.5) is 11.4 Å². The lowest BCUT2D eigenvalue weighted by molar-refractivity contribution is -0.118. The highest BCUT2D eigenvalue weighted by atomic mass is 16.1. The Balaban J connectivity index is 1.66. The summed E-state index contributed by atoms with van der Waals surface area (Å²) in [4.78, 5) is 16.1. The van der Waals surface area contributed by atoms with Gasteiger partial charge in [-0.25, -0.2) is 9.50 Å². The predicted octanol–water partition coefficient (Wildman–Crippen LogP) is 2.94. The molecule has 6 heteroatoms. The molecule has 0 radical (unpaired) electrons. The van der Waals surface area contributed by atoms with Crippen molar-refractivity contribution in [2.45, 2.75) is 20.4 Å². The third kappa shape index (κ3) is 3.66. The molecule has 1 aromatic carbocycles. The summed E-state index contributed by atoms with van der Waals surface area (Å²) < 4.78 is 1.75. The van der Waals surface area contributed by atoms with Crippen molar-refractivity contribution in [3.05, 3.63) is 54.5 Å². The number of rotatable bonds is 5. The van der Waals surface area contributed by atoms with Crippen molar-refractivity contribution in [3.63, 3.8) is 0 Å². The molecule has 0 saturated heterocycles. The van der Waals surface area contributed by atoms with Crippen LogP contribution >= 0.6 is 0 Å². The predicted molar refractivity (Wildman–Crippen MR) is 90.2 cm³/mol. The largest absolute Gasteiger partial charge is 0.381 e. The van der Waals surface area contributed by atoms with Crippen molar-refractivity contribution in [2.75, 3.05) is 10.6 Å². The monoisotopic (exact) mass is 309 g/mol. The minimum absolute atomic E-state index is 0.00971. The number of hydrogen-bond donors (Lipinski definition) is 2. The summed E-state index contributed by atoms with van der Waals surface area (Å²) in [5.41, 5.74) is 3.58. The summed E-state index contributed by atoms with van der Waals surface area (Å²) in [7, 11) is 0. The number of aromatic nitrogens is 3. The van der Waals surface area contributed by atoms with Crippen LogP contribution in [0.1, 0.15) is 19.4 Å². The van der Waals surface area contributed by atoms with E-state index in [2.05, 4.69) is 20.7 Å². The highest BCUT2D eigenvalue weighted by Gasteiger charge is 2.07. The van der Waals surface area contributed by atoms with Crippen LogP contribution in [0.3, 0.4) is 0 Å². The van der Waals surface area contributed by atoms with Crippen molar-refractivity contribution in [2.24, 2.45) is 5.92 Å². The van der Waals surface area contributed by atoms with Crippen LogP contribution in [0.5, 0.6) is 0 Å². The fourth-order valence-corrected chi connectivity index (χ4v) is 2.14. The lowest BCUT2D eigenvalue weighted by atomic mass is 10.2. The summed E-state index contributed by atoms with van der Waals surface area (Å²) in [6.45, 7) is 4.37. The molecule has 23 heavy (non-hydrogen) atoms. The summed E-state index contributed by atoms with van der Waals surface area (Å²) in [5, 5.41) is 10.4. The van der Waals surface area contributed by atoms with Gasteiger partial charge in [0.2, 0.25) is 5.91 Å². The number of hydrogen-bond acceptors (Lipinski definition) is 4. The number of carbonyl (C=O) groups excluding carboxylic acids is 1. The van der Waals surface area contributed by atoms with E-state index in [0.29, 0.717) is 6.54 Å². The number of nitrogens with zero attached hydrogens (tertiary/aromatic N) is 3. The topological polar surface area (TPSA) is 71.3 Å². The quantitative estimate of drug-likeness (QED) is 0.760. The molecule has 0 saturated carbocycles. The van der Waals surface area contributed by atoms with Gasteiger partial charge < -0.3 is 10.6 Å². The van der Waals surface area contributed by atoms with E-state index in [0.717, 1.165) is 22.6 Å². The second kappa shape index (κ2) is 6.48. The van der Waals surface area contributed by atoms with E-state index < -0.39 is 0 Å². The molecule has 2 N–H and O–H groups in total. The standard InChI is InChI=1S/C17H19N5O/c1-12(2)17(23)21-15-5-3-4-14(8-15)18-9-13-10-19-16-6-7-20-22(16)11-13/h3-8,10-12,18H,9H2,1-2H3,(H,21,23). The normalized spacial score (nSPS) is 10.9. The van der Waals surface area contributed by atoms with Gasteiger partial charge in [0, 0.05) is 47.9 Å². The number of anilines is 2. The van der Waals surface area contributed by atoms with Crippen molar-refractivity contribution >= 4 is 22.9 Å². The van der Waals surface area contributed by atoms with Crippen molar-refractivity contribution < 1.29 is 4.79 Å². The Kier molecular flexibility index (Phi) is 4.23. The average molecular weight is 309 g/mol. The molecule has 6 nitrogen and oxygen atoms in total. The van der Waals surface area contributed by atoms with E-state index >= 15 is 0 Å². The maximum atomic E-state index is 11.8. The van der Waals surface area contributed by atoms with Crippen LogP contribution < -0.4 is 10.6 Å². The summed E-state index contributed by atoms with van der Waals surface area (Å²) in [6.07, 6.45) is 5.49. The zero-order chi connectivity index (χ0) is 16.2. The molecule has 0 fully saturated rings. The highest BCUT2D eigenvalue weighted by Crippen LogP contribution is 2.17. The minimum atomic E-state index is -0.0431. The Morgan fingerprint density at radius 3 is 2.91 bits per heavy atom. The number of amides is 1. The van der Waals surface area contributed by atoms with E-state index in [1.54, 1.807) is 10.7 Å². The first-order valence-corrected chi connectivity index (χ1v) is 7.55. The van der Waals surface area contributed by atoms with Gasteiger partial charge in [-0.1, -0.05) is 19.9 Å². The molecule has 2 aromatic heterocycles. The molecule has 0 atom stereocenters. The molecule has 1 amide bonds. The molecule has 0 aliphatic carbocycles. The minimum Gasteiger partial charge on any atom is -0.381 e. The lowest BCUT2D eigenvalue weighted by Gasteiger charge is -2.11. The molecule has 0 aliphatic rings. The first-order valence-electron chi connectivity index (χ1n) is 7.55. The Morgan fingerprint density at radius 1 is 1.26 bits per heavy atom. The van der Waals surface area contributed by atoms with Crippen molar-refractivity contribution in [1.82, 2.24) is 14.6 Å². The third-order valence-corrected chi connectivity index (χ3v) is 3.45. The van der Waals surface area contributed by atoms with Gasteiger partial charge in [0.25, 0.3) is 0 Å². The van der Waals surface area contributed by atoms with E-state index in [4.69, 9.17) is 0 Å². The Morgan fingerprint density at radius 2 is 2.09 bits per heavy atom. The molecule has 2 heterocycles. The van der Waals surface area contributed by atoms with Gasteiger partial charge in [0.15, 0.2) is 5.65 Å². The smallest absolute Gasteiger partial charge is 0.226 e. The first kappa shape index (κ1) is 15.0. The van der Waals surface area contributed by atoms with Gasteiger partial charge in [0.05, 0.1) is 6.20 Å². The van der Waals surface area contributed by atoms with Gasteiger partial charge in [0.1, 0.15) is 0 Å². The maximum Gasteiger partial charge on any atom is 0.226 e. The van der Waals surface area contributed by atoms with Crippen LogP contribution in [0.15, 0.2) is 48.9 Å². The van der Waals surface area contributed by atoms with Gasteiger partial charge >= 0.3 is 0 Å². The summed E-state index contributed by atoms with van der Waals surface area (Å²) >= 11 is 0. The summed E-state index contributed by atoms with van der Waals surface area (Å²) in [6, 6.07) is 9.53. The van der Waals surface area contributed by atoms with Crippen LogP contribution in [0, 0.1) is 5.92 Å². The van der Waals surface area contributed by atoms with Gasteiger partial charge in [-0.3, -0.25) is 4.79 Å². The molecule has 3 aromatic rings. The second-order valence-electron chi connectivity index (χ2n) is 5.67. The number of fused-ring (bicyclic) bond motifs is 1. The van der Waals surface area contributed by atoms with Crippen LogP contribution in [0.25, 0.3) is 5.65 Å². The molecule has 0 spiro atoms. The maximum absolute atomic E-state index is 11.8. The molecule has 0 bridgehead atoms. The summed E-state index contributed by atoms with van der Waals surface area (Å²) in [5.74, 6) is -0.0334. The Hall–Kier alpha value is -2.89. The Bertz CT molecular complexity index is 824. The van der Waals surface area contributed by atoms with Gasteiger partial charge in [-0.15, -0.1) is 0 Å². The number of nitrogens with one attached hydrogen (secondary N) is 2. The molecule has 3 rings (SSSR count). The van der Waals surface area contributed by atoms with Crippen molar-refractivity contribution in [1.29, 1.82) is 0 Å². The van der Waals surface area contributed by atoms with Crippen molar-refractivity contribution in [3.8, 4) is 0 Å². The zero-order valence-corrected chi connectivity index (χ0v) is 13.2. The SMILES string of the molecule is CC(C)C(=O)Nc1cccc(NCc2cnc3ccnn3c2)c1. The molecular weight excluding hydrogens is 290 g/mol. The van der Waals surface area contributed by atoms with Crippen LogP contribution in [-0.4, -0.2) is 20.5 Å². The van der Waals surface area contributed by atoms with Crippen LogP contribution in [-0.2, 0) is 11.3 Å². The molecule has 118 valence electrons. The molecular formula is C17H19N5O. The molecule has 0 unspecified atom stereocenters. The second-order valence-corrected chi connectivity index (χ2v) is 5.67.